The van der Waals surface area contributed by atoms with Gasteiger partial charge in [-0.3, -0.25) is 4.98 Å². The second-order valence-corrected chi connectivity index (χ2v) is 5.24. The molecule has 18 heavy (non-hydrogen) atoms. The van der Waals surface area contributed by atoms with Gasteiger partial charge in [-0.25, -0.2) is 0 Å². The SMILES string of the molecule is NC(=S)c1ccc(Cl)cc1Oc1cncc(Br)c1. The van der Waals surface area contributed by atoms with E-state index in [4.69, 9.17) is 34.3 Å². The lowest BCUT2D eigenvalue weighted by atomic mass is 10.2. The van der Waals surface area contributed by atoms with Crippen molar-refractivity contribution in [3.63, 3.8) is 0 Å². The highest BCUT2D eigenvalue weighted by Crippen LogP contribution is 2.29. The van der Waals surface area contributed by atoms with Crippen LogP contribution in [0.2, 0.25) is 5.02 Å². The molecule has 0 aliphatic rings. The molecule has 0 amide bonds. The molecular formula is C12H8BrClN2OS. The number of hydrogen-bond acceptors (Lipinski definition) is 3. The summed E-state index contributed by atoms with van der Waals surface area (Å²) >= 11 is 14.2. The Morgan fingerprint density at radius 2 is 2.11 bits per heavy atom. The van der Waals surface area contributed by atoms with E-state index in [1.54, 1.807) is 36.7 Å². The van der Waals surface area contributed by atoms with Crippen LogP contribution in [0.4, 0.5) is 0 Å². The highest BCUT2D eigenvalue weighted by molar-refractivity contribution is 9.10. The van der Waals surface area contributed by atoms with Gasteiger partial charge in [0.15, 0.2) is 0 Å². The number of pyridine rings is 1. The summed E-state index contributed by atoms with van der Waals surface area (Å²) < 4.78 is 6.51. The van der Waals surface area contributed by atoms with Gasteiger partial charge in [0, 0.05) is 21.8 Å². The van der Waals surface area contributed by atoms with Crippen LogP contribution < -0.4 is 10.5 Å². The van der Waals surface area contributed by atoms with E-state index in [1.807, 2.05) is 0 Å². The van der Waals surface area contributed by atoms with Crippen molar-refractivity contribution in [1.29, 1.82) is 0 Å². The lowest BCUT2D eigenvalue weighted by Gasteiger charge is -2.10. The van der Waals surface area contributed by atoms with Crippen LogP contribution in [0.15, 0.2) is 41.1 Å². The molecule has 1 heterocycles. The number of hydrogen-bond donors (Lipinski definition) is 1. The quantitative estimate of drug-likeness (QED) is 0.858. The zero-order chi connectivity index (χ0) is 13.1. The maximum atomic E-state index is 5.93. The molecule has 2 N–H and O–H groups in total. The molecule has 0 spiro atoms. The first-order valence-corrected chi connectivity index (χ1v) is 6.52. The third kappa shape index (κ3) is 3.19. The minimum absolute atomic E-state index is 0.254. The zero-order valence-corrected chi connectivity index (χ0v) is 12.2. The van der Waals surface area contributed by atoms with Crippen molar-refractivity contribution >= 4 is 44.7 Å². The fourth-order valence-corrected chi connectivity index (χ4v) is 2.03. The Hall–Kier alpha value is -1.17. The van der Waals surface area contributed by atoms with E-state index in [0.717, 1.165) is 4.47 Å². The monoisotopic (exact) mass is 342 g/mol. The largest absolute Gasteiger partial charge is 0.455 e. The second kappa shape index (κ2) is 5.65. The molecule has 1 aromatic heterocycles. The maximum absolute atomic E-state index is 5.93. The highest BCUT2D eigenvalue weighted by atomic mass is 79.9. The Morgan fingerprint density at radius 3 is 2.78 bits per heavy atom. The number of halogens is 2. The average Bonchev–Trinajstić information content (AvgIpc) is 2.28. The topological polar surface area (TPSA) is 48.1 Å². The van der Waals surface area contributed by atoms with Gasteiger partial charge in [0.25, 0.3) is 0 Å². The number of rotatable bonds is 3. The van der Waals surface area contributed by atoms with E-state index in [1.165, 1.54) is 0 Å². The molecule has 0 radical (unpaired) electrons. The summed E-state index contributed by atoms with van der Waals surface area (Å²) in [5.74, 6) is 1.08. The van der Waals surface area contributed by atoms with Crippen molar-refractivity contribution < 1.29 is 4.74 Å². The van der Waals surface area contributed by atoms with Crippen LogP contribution in [-0.2, 0) is 0 Å². The Balaban J connectivity index is 2.39. The van der Waals surface area contributed by atoms with Crippen LogP contribution in [0, 0.1) is 0 Å². The fourth-order valence-electron chi connectivity index (χ4n) is 1.36. The van der Waals surface area contributed by atoms with E-state index in [-0.39, 0.29) is 4.99 Å². The summed E-state index contributed by atoms with van der Waals surface area (Å²) in [6.45, 7) is 0. The Bertz CT molecular complexity index is 606. The first-order valence-electron chi connectivity index (χ1n) is 4.94. The molecule has 2 aromatic rings. The molecule has 0 unspecified atom stereocenters. The number of aromatic nitrogens is 1. The van der Waals surface area contributed by atoms with Crippen LogP contribution in [-0.4, -0.2) is 9.97 Å². The van der Waals surface area contributed by atoms with E-state index in [2.05, 4.69) is 20.9 Å². The fraction of sp³-hybridized carbons (Fsp3) is 0. The van der Waals surface area contributed by atoms with E-state index >= 15 is 0 Å². The number of thiocarbonyl (C=S) groups is 1. The third-order valence-corrected chi connectivity index (χ3v) is 3.01. The summed E-state index contributed by atoms with van der Waals surface area (Å²) in [7, 11) is 0. The van der Waals surface area contributed by atoms with Gasteiger partial charge in [-0.1, -0.05) is 23.8 Å². The Kier molecular flexibility index (Phi) is 4.16. The number of benzene rings is 1. The zero-order valence-electron chi connectivity index (χ0n) is 9.06. The third-order valence-electron chi connectivity index (χ3n) is 2.12. The molecule has 0 aliphatic carbocycles. The number of nitrogens with two attached hydrogens (primary N) is 1. The molecule has 2 rings (SSSR count). The van der Waals surface area contributed by atoms with Crippen molar-refractivity contribution in [2.75, 3.05) is 0 Å². The molecule has 0 bridgehead atoms. The van der Waals surface area contributed by atoms with Gasteiger partial charge in [-0.05, 0) is 34.1 Å². The number of nitrogens with zero attached hydrogens (tertiary/aromatic N) is 1. The van der Waals surface area contributed by atoms with Crippen LogP contribution >= 0.6 is 39.7 Å². The van der Waals surface area contributed by atoms with Crippen LogP contribution in [0.3, 0.4) is 0 Å². The summed E-state index contributed by atoms with van der Waals surface area (Å²) in [5, 5.41) is 0.549. The van der Waals surface area contributed by atoms with Gasteiger partial charge in [0.2, 0.25) is 0 Å². The van der Waals surface area contributed by atoms with E-state index in [0.29, 0.717) is 22.1 Å². The van der Waals surface area contributed by atoms with Gasteiger partial charge in [-0.2, -0.15) is 0 Å². The lowest BCUT2D eigenvalue weighted by molar-refractivity contribution is 0.479. The van der Waals surface area contributed by atoms with Gasteiger partial charge in [-0.15, -0.1) is 0 Å². The standard InChI is InChI=1S/C12H8BrClN2OS/c13-7-3-9(6-16-5-7)17-11-4-8(14)1-2-10(11)12(15)18/h1-6H,(H2,15,18). The van der Waals surface area contributed by atoms with Crippen LogP contribution in [0.5, 0.6) is 11.5 Å². The average molecular weight is 344 g/mol. The Morgan fingerprint density at radius 1 is 1.33 bits per heavy atom. The minimum Gasteiger partial charge on any atom is -0.455 e. The van der Waals surface area contributed by atoms with Crippen LogP contribution in [0.1, 0.15) is 5.56 Å². The molecule has 0 fully saturated rings. The first-order chi connectivity index (χ1) is 8.56. The molecule has 92 valence electrons. The second-order valence-electron chi connectivity index (χ2n) is 3.45. The molecule has 0 atom stereocenters. The van der Waals surface area contributed by atoms with Crippen molar-refractivity contribution in [2.45, 2.75) is 0 Å². The van der Waals surface area contributed by atoms with Gasteiger partial charge in [0.05, 0.1) is 11.8 Å². The lowest BCUT2D eigenvalue weighted by Crippen LogP contribution is -2.10. The molecule has 0 aliphatic heterocycles. The van der Waals surface area contributed by atoms with Crippen molar-refractivity contribution in [2.24, 2.45) is 5.73 Å². The predicted molar refractivity (Wildman–Crippen MR) is 79.4 cm³/mol. The summed E-state index contributed by atoms with van der Waals surface area (Å²) in [4.78, 5) is 4.26. The van der Waals surface area contributed by atoms with Crippen molar-refractivity contribution in [3.8, 4) is 11.5 Å². The minimum atomic E-state index is 0.254. The Labute approximate surface area is 123 Å². The molecular weight excluding hydrogens is 336 g/mol. The van der Waals surface area contributed by atoms with Gasteiger partial charge < -0.3 is 10.5 Å². The summed E-state index contributed by atoms with van der Waals surface area (Å²) in [5.41, 5.74) is 6.27. The number of ether oxygens (including phenoxy) is 1. The van der Waals surface area contributed by atoms with E-state index in [9.17, 15) is 0 Å². The summed E-state index contributed by atoms with van der Waals surface area (Å²) in [6.07, 6.45) is 3.26. The van der Waals surface area contributed by atoms with E-state index < -0.39 is 0 Å². The normalized spacial score (nSPS) is 10.1. The highest BCUT2D eigenvalue weighted by Gasteiger charge is 2.09. The molecule has 0 saturated carbocycles. The van der Waals surface area contributed by atoms with Crippen molar-refractivity contribution in [1.82, 2.24) is 4.98 Å². The molecule has 6 heteroatoms. The predicted octanol–water partition coefficient (Wildman–Crippen LogP) is 3.92. The smallest absolute Gasteiger partial charge is 0.146 e. The van der Waals surface area contributed by atoms with Crippen LogP contribution in [0.25, 0.3) is 0 Å². The maximum Gasteiger partial charge on any atom is 0.146 e. The first kappa shape index (κ1) is 13.3. The van der Waals surface area contributed by atoms with Gasteiger partial charge >= 0.3 is 0 Å². The van der Waals surface area contributed by atoms with Crippen molar-refractivity contribution in [3.05, 3.63) is 51.7 Å². The molecule has 0 saturated heterocycles. The van der Waals surface area contributed by atoms with Gasteiger partial charge in [0.1, 0.15) is 16.5 Å². The summed E-state index contributed by atoms with van der Waals surface area (Å²) in [6, 6.07) is 6.89. The molecule has 3 nitrogen and oxygen atoms in total. The molecule has 1 aromatic carbocycles.